The van der Waals surface area contributed by atoms with Crippen molar-refractivity contribution in [3.05, 3.63) is 24.3 Å². The molecule has 0 aromatic rings. The Kier molecular flexibility index (Phi) is 5.02. The van der Waals surface area contributed by atoms with Crippen molar-refractivity contribution in [1.82, 2.24) is 0 Å². The number of aldehydes is 1. The molecule has 0 spiro atoms. The van der Waals surface area contributed by atoms with Crippen molar-refractivity contribution in [2.45, 2.75) is 38.5 Å². The van der Waals surface area contributed by atoms with Gasteiger partial charge < -0.3 is 4.79 Å². The highest BCUT2D eigenvalue weighted by molar-refractivity contribution is 5.96. The molecule has 0 aromatic heterocycles. The van der Waals surface area contributed by atoms with Gasteiger partial charge >= 0.3 is 0 Å². The van der Waals surface area contributed by atoms with E-state index in [4.69, 9.17) is 0 Å². The molecule has 0 N–H and O–H groups in total. The van der Waals surface area contributed by atoms with Crippen LogP contribution < -0.4 is 0 Å². The van der Waals surface area contributed by atoms with Crippen LogP contribution in [0.1, 0.15) is 38.5 Å². The van der Waals surface area contributed by atoms with E-state index < -0.39 is 0 Å². The highest BCUT2D eigenvalue weighted by atomic mass is 16.1. The molecule has 1 aliphatic carbocycles. The van der Waals surface area contributed by atoms with Crippen LogP contribution in [0.3, 0.4) is 0 Å². The third-order valence-electron chi connectivity index (χ3n) is 2.89. The summed E-state index contributed by atoms with van der Waals surface area (Å²) in [7, 11) is 0. The van der Waals surface area contributed by atoms with Gasteiger partial charge in [-0.3, -0.25) is 4.79 Å². The fraction of sp³-hybridized carbons (Fsp3) is 0.538. The van der Waals surface area contributed by atoms with Crippen LogP contribution in [-0.2, 0) is 9.59 Å². The van der Waals surface area contributed by atoms with E-state index >= 15 is 0 Å². The Balaban J connectivity index is 2.58. The minimum absolute atomic E-state index is 0.261. The van der Waals surface area contributed by atoms with Crippen LogP contribution in [0.25, 0.3) is 0 Å². The Labute approximate surface area is 91.1 Å². The first-order chi connectivity index (χ1) is 7.29. The first kappa shape index (κ1) is 11.9. The van der Waals surface area contributed by atoms with E-state index in [-0.39, 0.29) is 5.78 Å². The SMILES string of the molecule is C=C/C=C1\C(=O)CCCC1CCCC=O. The molecule has 0 saturated heterocycles. The summed E-state index contributed by atoms with van der Waals surface area (Å²) in [6, 6.07) is 0. The zero-order chi connectivity index (χ0) is 11.1. The molecule has 0 amide bonds. The van der Waals surface area contributed by atoms with Crippen LogP contribution in [0.4, 0.5) is 0 Å². The van der Waals surface area contributed by atoms with Crippen LogP contribution >= 0.6 is 0 Å². The van der Waals surface area contributed by atoms with E-state index in [0.29, 0.717) is 18.8 Å². The maximum absolute atomic E-state index is 11.6. The summed E-state index contributed by atoms with van der Waals surface area (Å²) < 4.78 is 0. The first-order valence-corrected chi connectivity index (χ1v) is 5.59. The van der Waals surface area contributed by atoms with Crippen LogP contribution in [0.15, 0.2) is 24.3 Å². The third-order valence-corrected chi connectivity index (χ3v) is 2.89. The molecule has 15 heavy (non-hydrogen) atoms. The second-order valence-corrected chi connectivity index (χ2v) is 3.97. The standard InChI is InChI=1S/C13H18O2/c1-2-6-12-11(7-3-4-10-14)8-5-9-13(12)15/h2,6,10-11H,1,3-5,7-9H2/b12-6-. The summed E-state index contributed by atoms with van der Waals surface area (Å²) in [5, 5.41) is 0. The van der Waals surface area contributed by atoms with Gasteiger partial charge in [-0.2, -0.15) is 0 Å². The summed E-state index contributed by atoms with van der Waals surface area (Å²) in [6.07, 6.45) is 9.64. The van der Waals surface area contributed by atoms with Gasteiger partial charge in [-0.05, 0) is 37.2 Å². The maximum Gasteiger partial charge on any atom is 0.159 e. The van der Waals surface area contributed by atoms with Gasteiger partial charge in [-0.1, -0.05) is 18.7 Å². The molecule has 0 aromatic carbocycles. The minimum Gasteiger partial charge on any atom is -0.303 e. The number of hydrogen-bond acceptors (Lipinski definition) is 2. The number of Topliss-reactive ketones (excluding diaryl/α,β-unsaturated/α-hetero) is 1. The molecule has 0 aliphatic heterocycles. The minimum atomic E-state index is 0.261. The lowest BCUT2D eigenvalue weighted by Gasteiger charge is -2.23. The number of carbonyl (C=O) groups excluding carboxylic acids is 2. The van der Waals surface area contributed by atoms with Crippen LogP contribution in [0, 0.1) is 5.92 Å². The molecule has 2 heteroatoms. The van der Waals surface area contributed by atoms with Gasteiger partial charge in [0.25, 0.3) is 0 Å². The summed E-state index contributed by atoms with van der Waals surface area (Å²) in [4.78, 5) is 21.9. The Hall–Kier alpha value is -1.18. The normalized spacial score (nSPS) is 24.1. The molecular weight excluding hydrogens is 188 g/mol. The summed E-state index contributed by atoms with van der Waals surface area (Å²) in [5.74, 6) is 0.612. The molecule has 1 unspecified atom stereocenters. The molecule has 82 valence electrons. The number of ketones is 1. The largest absolute Gasteiger partial charge is 0.303 e. The molecule has 1 aliphatic rings. The van der Waals surface area contributed by atoms with Gasteiger partial charge in [-0.25, -0.2) is 0 Å². The van der Waals surface area contributed by atoms with Crippen molar-refractivity contribution in [1.29, 1.82) is 0 Å². The van der Waals surface area contributed by atoms with E-state index in [0.717, 1.165) is 37.5 Å². The number of hydrogen-bond donors (Lipinski definition) is 0. The highest BCUT2D eigenvalue weighted by Crippen LogP contribution is 2.30. The van der Waals surface area contributed by atoms with E-state index in [1.807, 2.05) is 6.08 Å². The summed E-state index contributed by atoms with van der Waals surface area (Å²) in [6.45, 7) is 3.64. The van der Waals surface area contributed by atoms with Crippen molar-refractivity contribution in [2.24, 2.45) is 5.92 Å². The third kappa shape index (κ3) is 3.46. The first-order valence-electron chi connectivity index (χ1n) is 5.59. The molecule has 0 bridgehead atoms. The molecule has 2 nitrogen and oxygen atoms in total. The smallest absolute Gasteiger partial charge is 0.159 e. The Morgan fingerprint density at radius 3 is 2.93 bits per heavy atom. The van der Waals surface area contributed by atoms with Gasteiger partial charge in [0, 0.05) is 12.8 Å². The van der Waals surface area contributed by atoms with Gasteiger partial charge in [0.05, 0.1) is 0 Å². The maximum atomic E-state index is 11.6. The predicted octanol–water partition coefficient (Wildman–Crippen LogP) is 2.84. The van der Waals surface area contributed by atoms with Crippen molar-refractivity contribution in [3.8, 4) is 0 Å². The zero-order valence-electron chi connectivity index (χ0n) is 9.08. The molecule has 1 fully saturated rings. The monoisotopic (exact) mass is 206 g/mol. The van der Waals surface area contributed by atoms with E-state index in [9.17, 15) is 9.59 Å². The lowest BCUT2D eigenvalue weighted by Crippen LogP contribution is -2.19. The number of rotatable bonds is 5. The van der Waals surface area contributed by atoms with Gasteiger partial charge in [0.15, 0.2) is 5.78 Å². The number of unbranched alkanes of at least 4 members (excludes halogenated alkanes) is 1. The average Bonchev–Trinajstić information content (AvgIpc) is 2.23. The second kappa shape index (κ2) is 6.33. The summed E-state index contributed by atoms with van der Waals surface area (Å²) >= 11 is 0. The van der Waals surface area contributed by atoms with E-state index in [2.05, 4.69) is 6.58 Å². The van der Waals surface area contributed by atoms with Gasteiger partial charge in [-0.15, -0.1) is 0 Å². The lowest BCUT2D eigenvalue weighted by atomic mass is 9.80. The van der Waals surface area contributed by atoms with Crippen molar-refractivity contribution in [3.63, 3.8) is 0 Å². The molecule has 1 atom stereocenters. The second-order valence-electron chi connectivity index (χ2n) is 3.97. The zero-order valence-corrected chi connectivity index (χ0v) is 9.08. The number of carbonyl (C=O) groups is 2. The molecule has 0 heterocycles. The number of allylic oxidation sites excluding steroid dienone is 3. The van der Waals surface area contributed by atoms with Gasteiger partial charge in [0.1, 0.15) is 6.29 Å². The fourth-order valence-electron chi connectivity index (χ4n) is 2.14. The predicted molar refractivity (Wildman–Crippen MR) is 60.5 cm³/mol. The Morgan fingerprint density at radius 2 is 2.27 bits per heavy atom. The van der Waals surface area contributed by atoms with Crippen molar-refractivity contribution in [2.75, 3.05) is 0 Å². The quantitative estimate of drug-likeness (QED) is 0.394. The molecular formula is C13H18O2. The van der Waals surface area contributed by atoms with Crippen molar-refractivity contribution >= 4 is 12.1 Å². The highest BCUT2D eigenvalue weighted by Gasteiger charge is 2.24. The van der Waals surface area contributed by atoms with Gasteiger partial charge in [0.2, 0.25) is 0 Å². The molecule has 1 saturated carbocycles. The topological polar surface area (TPSA) is 34.1 Å². The Morgan fingerprint density at radius 1 is 1.47 bits per heavy atom. The summed E-state index contributed by atoms with van der Waals surface area (Å²) in [5.41, 5.74) is 0.919. The van der Waals surface area contributed by atoms with Crippen LogP contribution in [0.2, 0.25) is 0 Å². The van der Waals surface area contributed by atoms with Crippen molar-refractivity contribution < 1.29 is 9.59 Å². The Bertz CT molecular complexity index is 276. The van der Waals surface area contributed by atoms with E-state index in [1.165, 1.54) is 0 Å². The van der Waals surface area contributed by atoms with Crippen LogP contribution in [0.5, 0.6) is 0 Å². The van der Waals surface area contributed by atoms with E-state index in [1.54, 1.807) is 6.08 Å². The lowest BCUT2D eigenvalue weighted by molar-refractivity contribution is -0.117. The fourth-order valence-corrected chi connectivity index (χ4v) is 2.14. The average molecular weight is 206 g/mol. The molecule has 1 rings (SSSR count). The molecule has 0 radical (unpaired) electrons. The van der Waals surface area contributed by atoms with Crippen LogP contribution in [-0.4, -0.2) is 12.1 Å².